The van der Waals surface area contributed by atoms with Gasteiger partial charge in [0, 0.05) is 48.3 Å². The lowest BCUT2D eigenvalue weighted by atomic mass is 9.98. The molecule has 4 rings (SSSR count). The molecule has 2 N–H and O–H groups in total. The molecule has 1 saturated heterocycles. The highest BCUT2D eigenvalue weighted by molar-refractivity contribution is 5.95. The van der Waals surface area contributed by atoms with E-state index < -0.39 is 0 Å². The number of hydrogen-bond acceptors (Lipinski definition) is 5. The van der Waals surface area contributed by atoms with Crippen molar-refractivity contribution in [3.05, 3.63) is 84.2 Å². The number of benzene rings is 2. The van der Waals surface area contributed by atoms with Crippen LogP contribution in [-0.2, 0) is 0 Å². The van der Waals surface area contributed by atoms with Crippen LogP contribution < -0.4 is 10.6 Å². The van der Waals surface area contributed by atoms with Crippen molar-refractivity contribution < 1.29 is 9.59 Å². The second kappa shape index (κ2) is 10.5. The van der Waals surface area contributed by atoms with Gasteiger partial charge in [-0.25, -0.2) is 9.97 Å². The number of carbonyl (C=O) groups is 2. The van der Waals surface area contributed by atoms with Crippen LogP contribution in [0.15, 0.2) is 73.1 Å². The number of anilines is 2. The third-order valence-corrected chi connectivity index (χ3v) is 5.62. The van der Waals surface area contributed by atoms with Crippen LogP contribution in [0.25, 0.3) is 0 Å². The zero-order chi connectivity index (χ0) is 22.2. The second-order valence-electron chi connectivity index (χ2n) is 7.84. The molecule has 3 aromatic rings. The summed E-state index contributed by atoms with van der Waals surface area (Å²) in [6.45, 7) is 1.27. The molecule has 1 aliphatic rings. The van der Waals surface area contributed by atoms with Crippen molar-refractivity contribution in [3.8, 4) is 0 Å². The molecule has 164 valence electrons. The second-order valence-corrected chi connectivity index (χ2v) is 7.84. The van der Waals surface area contributed by atoms with Gasteiger partial charge in [-0.1, -0.05) is 24.3 Å². The smallest absolute Gasteiger partial charge is 0.254 e. The van der Waals surface area contributed by atoms with Gasteiger partial charge in [-0.05, 0) is 62.1 Å². The van der Waals surface area contributed by atoms with Gasteiger partial charge in [0.25, 0.3) is 11.8 Å². The minimum Gasteiger partial charge on any atom is -0.352 e. The molecule has 2 amide bonds. The van der Waals surface area contributed by atoms with E-state index in [-0.39, 0.29) is 17.9 Å². The summed E-state index contributed by atoms with van der Waals surface area (Å²) in [5, 5.41) is 6.12. The zero-order valence-electron chi connectivity index (χ0n) is 17.9. The lowest BCUT2D eigenvalue weighted by molar-refractivity contribution is 0.0601. The highest BCUT2D eigenvalue weighted by atomic mass is 16.2. The zero-order valence-corrected chi connectivity index (χ0v) is 17.9. The number of nitrogens with zero attached hydrogens (tertiary/aromatic N) is 3. The molecule has 0 saturated carbocycles. The van der Waals surface area contributed by atoms with E-state index in [4.69, 9.17) is 0 Å². The topological polar surface area (TPSA) is 87.2 Å². The third-order valence-electron chi connectivity index (χ3n) is 5.62. The molecule has 1 aliphatic heterocycles. The van der Waals surface area contributed by atoms with E-state index >= 15 is 0 Å². The first kappa shape index (κ1) is 21.5. The van der Waals surface area contributed by atoms with Gasteiger partial charge < -0.3 is 15.5 Å². The van der Waals surface area contributed by atoms with Gasteiger partial charge in [0.05, 0.1) is 0 Å². The number of carbonyl (C=O) groups excluding carboxylic acids is 2. The van der Waals surface area contributed by atoms with Gasteiger partial charge in [0.15, 0.2) is 0 Å². The molecule has 0 aliphatic carbocycles. The third kappa shape index (κ3) is 5.49. The van der Waals surface area contributed by atoms with Gasteiger partial charge in [-0.15, -0.1) is 0 Å². The SMILES string of the molecule is O=C(NCCC1CCCCN1C(=O)c1cccc(Nc2ncccn2)c1)c1ccccc1. The lowest BCUT2D eigenvalue weighted by Crippen LogP contribution is -2.45. The Morgan fingerprint density at radius 3 is 2.53 bits per heavy atom. The van der Waals surface area contributed by atoms with Crippen molar-refractivity contribution in [2.45, 2.75) is 31.7 Å². The van der Waals surface area contributed by atoms with Crippen LogP contribution in [0.2, 0.25) is 0 Å². The summed E-state index contributed by atoms with van der Waals surface area (Å²) in [5.41, 5.74) is 2.05. The van der Waals surface area contributed by atoms with Crippen LogP contribution in [0.5, 0.6) is 0 Å². The summed E-state index contributed by atoms with van der Waals surface area (Å²) >= 11 is 0. The molecule has 1 unspecified atom stereocenters. The summed E-state index contributed by atoms with van der Waals surface area (Å²) in [7, 11) is 0. The number of piperidine rings is 1. The van der Waals surface area contributed by atoms with Gasteiger partial charge >= 0.3 is 0 Å². The molecule has 2 aromatic carbocycles. The van der Waals surface area contributed by atoms with Crippen LogP contribution in [0.3, 0.4) is 0 Å². The summed E-state index contributed by atoms with van der Waals surface area (Å²) in [4.78, 5) is 35.9. The number of likely N-dealkylation sites (tertiary alicyclic amines) is 1. The lowest BCUT2D eigenvalue weighted by Gasteiger charge is -2.36. The monoisotopic (exact) mass is 429 g/mol. The number of aromatic nitrogens is 2. The average Bonchev–Trinajstić information content (AvgIpc) is 2.85. The largest absolute Gasteiger partial charge is 0.352 e. The van der Waals surface area contributed by atoms with Gasteiger partial charge in [-0.2, -0.15) is 0 Å². The number of amides is 2. The molecule has 7 nitrogen and oxygen atoms in total. The average molecular weight is 430 g/mol. The standard InChI is InChI=1S/C25H27N5O2/c31-23(19-8-2-1-3-9-19)26-16-13-22-12-4-5-17-30(22)24(32)20-10-6-11-21(18-20)29-25-27-14-7-15-28-25/h1-3,6-11,14-15,18,22H,4-5,12-13,16-17H2,(H,26,31)(H,27,28,29). The Hall–Kier alpha value is -3.74. The Labute approximate surface area is 187 Å². The first-order chi connectivity index (χ1) is 15.7. The summed E-state index contributed by atoms with van der Waals surface area (Å²) in [5.74, 6) is 0.421. The fraction of sp³-hybridized carbons (Fsp3) is 0.280. The van der Waals surface area contributed by atoms with E-state index in [9.17, 15) is 9.59 Å². The Morgan fingerprint density at radius 1 is 0.938 bits per heavy atom. The highest BCUT2D eigenvalue weighted by Gasteiger charge is 2.27. The van der Waals surface area contributed by atoms with Gasteiger partial charge in [0.1, 0.15) is 0 Å². The van der Waals surface area contributed by atoms with Crippen molar-refractivity contribution in [3.63, 3.8) is 0 Å². The minimum atomic E-state index is -0.0822. The first-order valence-electron chi connectivity index (χ1n) is 11.0. The number of hydrogen-bond donors (Lipinski definition) is 2. The molecule has 32 heavy (non-hydrogen) atoms. The Morgan fingerprint density at radius 2 is 1.72 bits per heavy atom. The van der Waals surface area contributed by atoms with Crippen LogP contribution >= 0.6 is 0 Å². The molecule has 2 heterocycles. The first-order valence-corrected chi connectivity index (χ1v) is 11.0. The molecule has 7 heteroatoms. The molecule has 1 atom stereocenters. The number of rotatable bonds is 7. The maximum absolute atomic E-state index is 13.3. The predicted molar refractivity (Wildman–Crippen MR) is 124 cm³/mol. The molecular formula is C25H27N5O2. The van der Waals surface area contributed by atoms with Crippen molar-refractivity contribution in [2.75, 3.05) is 18.4 Å². The number of nitrogens with one attached hydrogen (secondary N) is 2. The molecule has 1 aromatic heterocycles. The maximum atomic E-state index is 13.3. The maximum Gasteiger partial charge on any atom is 0.254 e. The van der Waals surface area contributed by atoms with Crippen molar-refractivity contribution in [1.29, 1.82) is 0 Å². The van der Waals surface area contributed by atoms with Crippen molar-refractivity contribution in [2.24, 2.45) is 0 Å². The summed E-state index contributed by atoms with van der Waals surface area (Å²) in [6.07, 6.45) is 7.10. The van der Waals surface area contributed by atoms with Gasteiger partial charge in [0.2, 0.25) is 5.95 Å². The van der Waals surface area contributed by atoms with E-state index in [1.54, 1.807) is 30.6 Å². The van der Waals surface area contributed by atoms with Crippen LogP contribution in [-0.4, -0.2) is 45.8 Å². The normalized spacial score (nSPS) is 15.8. The Balaban J connectivity index is 1.38. The van der Waals surface area contributed by atoms with E-state index in [1.807, 2.05) is 47.4 Å². The minimum absolute atomic E-state index is 0.0155. The van der Waals surface area contributed by atoms with Gasteiger partial charge in [-0.3, -0.25) is 9.59 Å². The predicted octanol–water partition coefficient (Wildman–Crippen LogP) is 4.04. The quantitative estimate of drug-likeness (QED) is 0.592. The molecule has 0 bridgehead atoms. The highest BCUT2D eigenvalue weighted by Crippen LogP contribution is 2.23. The molecule has 0 radical (unpaired) electrons. The Bertz CT molecular complexity index is 1040. The van der Waals surface area contributed by atoms with E-state index in [0.29, 0.717) is 23.6 Å². The molecule has 1 fully saturated rings. The Kier molecular flexibility index (Phi) is 7.07. The molecular weight excluding hydrogens is 402 g/mol. The van der Waals surface area contributed by atoms with Crippen molar-refractivity contribution >= 4 is 23.5 Å². The molecule has 0 spiro atoms. The van der Waals surface area contributed by atoms with E-state index in [1.165, 1.54) is 0 Å². The van der Waals surface area contributed by atoms with Crippen LogP contribution in [0.1, 0.15) is 46.4 Å². The van der Waals surface area contributed by atoms with Crippen LogP contribution in [0.4, 0.5) is 11.6 Å². The van der Waals surface area contributed by atoms with Crippen molar-refractivity contribution in [1.82, 2.24) is 20.2 Å². The van der Waals surface area contributed by atoms with E-state index in [2.05, 4.69) is 20.6 Å². The van der Waals surface area contributed by atoms with Crippen LogP contribution in [0, 0.1) is 0 Å². The fourth-order valence-electron chi connectivity index (χ4n) is 4.00. The van der Waals surface area contributed by atoms with E-state index in [0.717, 1.165) is 37.9 Å². The summed E-state index contributed by atoms with van der Waals surface area (Å²) < 4.78 is 0. The summed E-state index contributed by atoms with van der Waals surface area (Å²) in [6, 6.07) is 18.5. The fourth-order valence-corrected chi connectivity index (χ4v) is 4.00.